The number of hydrogen-bond donors (Lipinski definition) is 1. The van der Waals surface area contributed by atoms with Crippen LogP contribution in [0.3, 0.4) is 0 Å². The molecule has 0 aliphatic carbocycles. The van der Waals surface area contributed by atoms with E-state index < -0.39 is 0 Å². The summed E-state index contributed by atoms with van der Waals surface area (Å²) in [7, 11) is 0. The summed E-state index contributed by atoms with van der Waals surface area (Å²) in [6.07, 6.45) is 6.90. The lowest BCUT2D eigenvalue weighted by Gasteiger charge is -1.91. The fourth-order valence-electron chi connectivity index (χ4n) is 1.71. The quantitative estimate of drug-likeness (QED) is 0.742. The van der Waals surface area contributed by atoms with Gasteiger partial charge in [0.2, 0.25) is 0 Å². The third kappa shape index (κ3) is 3.70. The van der Waals surface area contributed by atoms with Gasteiger partial charge in [-0.25, -0.2) is 20.0 Å². The van der Waals surface area contributed by atoms with Crippen LogP contribution < -0.4 is 0 Å². The van der Waals surface area contributed by atoms with Crippen molar-refractivity contribution in [2.75, 3.05) is 0 Å². The highest BCUT2D eigenvalue weighted by Gasteiger charge is 1.94. The molecule has 0 unspecified atom stereocenters. The third-order valence-electron chi connectivity index (χ3n) is 2.70. The molecule has 1 N–H and O–H groups in total. The summed E-state index contributed by atoms with van der Waals surface area (Å²) in [5.41, 5.74) is 1.78. The van der Waals surface area contributed by atoms with Crippen LogP contribution in [-0.2, 0) is 0 Å². The topological polar surface area (TPSA) is 66.3 Å². The van der Waals surface area contributed by atoms with Crippen LogP contribution >= 0.6 is 0 Å². The van der Waals surface area contributed by atoms with E-state index in [9.17, 15) is 0 Å². The largest absolute Gasteiger partial charge is 0.353 e. The van der Waals surface area contributed by atoms with Gasteiger partial charge in [0.15, 0.2) is 11.6 Å². The van der Waals surface area contributed by atoms with Crippen molar-refractivity contribution in [1.82, 2.24) is 15.0 Å². The van der Waals surface area contributed by atoms with Crippen molar-refractivity contribution in [3.8, 4) is 0 Å². The van der Waals surface area contributed by atoms with Crippen LogP contribution in [0.25, 0.3) is 0 Å². The van der Waals surface area contributed by atoms with E-state index in [0.29, 0.717) is 11.6 Å². The van der Waals surface area contributed by atoms with Crippen LogP contribution in [0.15, 0.2) is 70.9 Å². The van der Waals surface area contributed by atoms with E-state index in [2.05, 4.69) is 24.9 Å². The summed E-state index contributed by atoms with van der Waals surface area (Å²) in [6.45, 7) is 0. The molecular formula is C16H13N5. The minimum atomic E-state index is 0.677. The second-order valence-corrected chi connectivity index (χ2v) is 4.26. The van der Waals surface area contributed by atoms with Gasteiger partial charge in [0.1, 0.15) is 0 Å². The Labute approximate surface area is 122 Å². The van der Waals surface area contributed by atoms with E-state index in [1.165, 1.54) is 0 Å². The van der Waals surface area contributed by atoms with E-state index in [1.54, 1.807) is 24.8 Å². The highest BCUT2D eigenvalue weighted by molar-refractivity contribution is 5.84. The maximum absolute atomic E-state index is 4.28. The number of nitrogens with zero attached hydrogens (tertiary/aromatic N) is 4. The van der Waals surface area contributed by atoms with Gasteiger partial charge >= 0.3 is 0 Å². The van der Waals surface area contributed by atoms with Gasteiger partial charge in [-0.2, -0.15) is 0 Å². The Bertz CT molecular complexity index is 681. The number of rotatable bonds is 4. The number of nitrogens with one attached hydrogen (secondary N) is 1. The molecule has 3 aromatic rings. The molecule has 3 aromatic heterocycles. The fourth-order valence-corrected chi connectivity index (χ4v) is 1.71. The summed E-state index contributed by atoms with van der Waals surface area (Å²) in [5, 5.41) is 0. The molecule has 0 saturated heterocycles. The lowest BCUT2D eigenvalue weighted by atomic mass is 10.4. The van der Waals surface area contributed by atoms with Crippen LogP contribution in [0, 0.1) is 0 Å². The molecule has 102 valence electrons. The number of pyridine rings is 2. The van der Waals surface area contributed by atoms with Gasteiger partial charge in [-0.05, 0) is 36.4 Å². The maximum atomic E-state index is 4.28. The Balaban J connectivity index is 1.69. The fraction of sp³-hybridized carbons (Fsp3) is 0. The lowest BCUT2D eigenvalue weighted by molar-refractivity contribution is 1.26. The number of aromatic nitrogens is 3. The third-order valence-corrected chi connectivity index (χ3v) is 2.70. The van der Waals surface area contributed by atoms with E-state index in [0.717, 1.165) is 11.4 Å². The van der Waals surface area contributed by atoms with Crippen LogP contribution in [-0.4, -0.2) is 27.4 Å². The van der Waals surface area contributed by atoms with Crippen LogP contribution in [0.1, 0.15) is 11.4 Å². The highest BCUT2D eigenvalue weighted by Crippen LogP contribution is 2.07. The first-order valence-electron chi connectivity index (χ1n) is 6.49. The van der Waals surface area contributed by atoms with Gasteiger partial charge in [-0.15, -0.1) is 0 Å². The molecule has 3 heterocycles. The zero-order valence-corrected chi connectivity index (χ0v) is 11.2. The standard InChI is InChI=1S/C16H13N5/c1-3-9-17-15(5-1)19-11-13-7-8-14(21-13)12-20-16-6-2-4-10-18-16/h1-12,21H. The first kappa shape index (κ1) is 12.9. The summed E-state index contributed by atoms with van der Waals surface area (Å²) in [6, 6.07) is 15.1. The van der Waals surface area contributed by atoms with Crippen molar-refractivity contribution in [3.05, 3.63) is 72.3 Å². The summed E-state index contributed by atoms with van der Waals surface area (Å²) < 4.78 is 0. The SMILES string of the molecule is C(=Nc1ccccn1)c1ccc(C=Nc2ccccn2)[nH]1. The van der Waals surface area contributed by atoms with Gasteiger partial charge in [0.05, 0.1) is 23.8 Å². The van der Waals surface area contributed by atoms with Gasteiger partial charge in [-0.1, -0.05) is 12.1 Å². The van der Waals surface area contributed by atoms with E-state index in [4.69, 9.17) is 0 Å². The Morgan fingerprint density at radius 2 is 1.24 bits per heavy atom. The second kappa shape index (κ2) is 6.38. The molecule has 0 amide bonds. The molecule has 0 radical (unpaired) electrons. The molecule has 0 aliphatic heterocycles. The van der Waals surface area contributed by atoms with Gasteiger partial charge in [0.25, 0.3) is 0 Å². The predicted molar refractivity (Wildman–Crippen MR) is 83.8 cm³/mol. The van der Waals surface area contributed by atoms with Crippen LogP contribution in [0.2, 0.25) is 0 Å². The van der Waals surface area contributed by atoms with Crippen molar-refractivity contribution in [1.29, 1.82) is 0 Å². The van der Waals surface area contributed by atoms with Gasteiger partial charge in [0, 0.05) is 12.4 Å². The molecular weight excluding hydrogens is 262 g/mol. The van der Waals surface area contributed by atoms with E-state index in [1.807, 2.05) is 48.5 Å². The Hall–Kier alpha value is -3.08. The van der Waals surface area contributed by atoms with Crippen molar-refractivity contribution >= 4 is 24.1 Å². The Kier molecular flexibility index (Phi) is 3.93. The highest BCUT2D eigenvalue weighted by atomic mass is 14.9. The monoisotopic (exact) mass is 275 g/mol. The zero-order chi connectivity index (χ0) is 14.3. The minimum Gasteiger partial charge on any atom is -0.353 e. The summed E-state index contributed by atoms with van der Waals surface area (Å²) in [5.74, 6) is 1.35. The molecule has 0 saturated carbocycles. The predicted octanol–water partition coefficient (Wildman–Crippen LogP) is 3.31. The second-order valence-electron chi connectivity index (χ2n) is 4.26. The summed E-state index contributed by atoms with van der Waals surface area (Å²) >= 11 is 0. The van der Waals surface area contributed by atoms with Crippen molar-refractivity contribution in [2.45, 2.75) is 0 Å². The molecule has 5 nitrogen and oxygen atoms in total. The molecule has 0 aliphatic rings. The first-order valence-corrected chi connectivity index (χ1v) is 6.49. The van der Waals surface area contributed by atoms with E-state index in [-0.39, 0.29) is 0 Å². The average Bonchev–Trinajstić information content (AvgIpc) is 3.01. The molecule has 5 heteroatoms. The van der Waals surface area contributed by atoms with Crippen molar-refractivity contribution in [2.24, 2.45) is 9.98 Å². The summed E-state index contributed by atoms with van der Waals surface area (Å²) in [4.78, 5) is 20.0. The van der Waals surface area contributed by atoms with Crippen molar-refractivity contribution < 1.29 is 0 Å². The van der Waals surface area contributed by atoms with Crippen LogP contribution in [0.5, 0.6) is 0 Å². The molecule has 0 bridgehead atoms. The maximum Gasteiger partial charge on any atom is 0.151 e. The molecule has 0 atom stereocenters. The molecule has 0 spiro atoms. The molecule has 21 heavy (non-hydrogen) atoms. The number of H-pyrrole nitrogens is 1. The van der Waals surface area contributed by atoms with Crippen molar-refractivity contribution in [3.63, 3.8) is 0 Å². The number of aromatic amines is 1. The van der Waals surface area contributed by atoms with Gasteiger partial charge < -0.3 is 4.98 Å². The van der Waals surface area contributed by atoms with Gasteiger partial charge in [-0.3, -0.25) is 0 Å². The Morgan fingerprint density at radius 1 is 0.714 bits per heavy atom. The zero-order valence-electron chi connectivity index (χ0n) is 11.2. The normalized spacial score (nSPS) is 11.4. The van der Waals surface area contributed by atoms with Crippen LogP contribution in [0.4, 0.5) is 11.6 Å². The number of aliphatic imine (C=N–C) groups is 2. The first-order chi connectivity index (χ1) is 10.4. The minimum absolute atomic E-state index is 0.677. The Morgan fingerprint density at radius 3 is 1.67 bits per heavy atom. The molecule has 3 rings (SSSR count). The molecule has 0 fully saturated rings. The van der Waals surface area contributed by atoms with E-state index >= 15 is 0 Å². The molecule has 0 aromatic carbocycles. The average molecular weight is 275 g/mol. The number of hydrogen-bond acceptors (Lipinski definition) is 4. The lowest BCUT2D eigenvalue weighted by Crippen LogP contribution is -1.84. The smallest absolute Gasteiger partial charge is 0.151 e.